The fourth-order valence-electron chi connectivity index (χ4n) is 2.94. The molecular formula is C15H24N2O3S. The van der Waals surface area contributed by atoms with Crippen LogP contribution < -0.4 is 5.32 Å². The number of sulfonamides is 1. The summed E-state index contributed by atoms with van der Waals surface area (Å²) in [6.07, 6.45) is 6.27. The number of rotatable bonds is 6. The van der Waals surface area contributed by atoms with Gasteiger partial charge in [-0.2, -0.15) is 4.31 Å². The first-order valence-electron chi connectivity index (χ1n) is 7.95. The lowest BCUT2D eigenvalue weighted by atomic mass is 10.0. The molecule has 1 aromatic heterocycles. The Morgan fingerprint density at radius 3 is 2.81 bits per heavy atom. The highest BCUT2D eigenvalue weighted by molar-refractivity contribution is 7.89. The maximum atomic E-state index is 12.7. The van der Waals surface area contributed by atoms with Crippen molar-refractivity contribution >= 4 is 10.0 Å². The van der Waals surface area contributed by atoms with Crippen molar-refractivity contribution in [3.05, 3.63) is 17.9 Å². The molecule has 1 saturated carbocycles. The lowest BCUT2D eigenvalue weighted by Crippen LogP contribution is -2.43. The maximum absolute atomic E-state index is 12.7. The van der Waals surface area contributed by atoms with Crippen LogP contribution in [0.5, 0.6) is 0 Å². The summed E-state index contributed by atoms with van der Waals surface area (Å²) >= 11 is 0. The number of piperidine rings is 1. The van der Waals surface area contributed by atoms with E-state index in [1.807, 2.05) is 6.92 Å². The van der Waals surface area contributed by atoms with E-state index in [9.17, 15) is 8.42 Å². The lowest BCUT2D eigenvalue weighted by Gasteiger charge is -2.33. The second-order valence-corrected chi connectivity index (χ2v) is 7.87. The molecule has 2 aliphatic rings. The normalized spacial score (nSPS) is 24.3. The van der Waals surface area contributed by atoms with Crippen molar-refractivity contribution in [2.24, 2.45) is 0 Å². The van der Waals surface area contributed by atoms with Gasteiger partial charge in [-0.3, -0.25) is 0 Å². The van der Waals surface area contributed by atoms with Gasteiger partial charge in [-0.05, 0) is 44.2 Å². The van der Waals surface area contributed by atoms with Crippen molar-refractivity contribution in [1.29, 1.82) is 0 Å². The Balaban J connectivity index is 1.73. The van der Waals surface area contributed by atoms with E-state index in [2.05, 4.69) is 5.32 Å². The minimum absolute atomic E-state index is 0.0930. The zero-order valence-electron chi connectivity index (χ0n) is 12.5. The van der Waals surface area contributed by atoms with Gasteiger partial charge in [-0.15, -0.1) is 0 Å². The third kappa shape index (κ3) is 3.33. The van der Waals surface area contributed by atoms with E-state index < -0.39 is 10.0 Å². The van der Waals surface area contributed by atoms with E-state index in [0.29, 0.717) is 24.9 Å². The summed E-state index contributed by atoms with van der Waals surface area (Å²) in [5, 5.41) is 3.43. The van der Waals surface area contributed by atoms with Crippen LogP contribution in [-0.2, 0) is 16.6 Å². The molecule has 2 heterocycles. The molecule has 2 fully saturated rings. The average molecular weight is 312 g/mol. The molecule has 1 aliphatic heterocycles. The van der Waals surface area contributed by atoms with Gasteiger partial charge in [0.2, 0.25) is 5.09 Å². The molecule has 0 aromatic carbocycles. The van der Waals surface area contributed by atoms with Crippen LogP contribution >= 0.6 is 0 Å². The summed E-state index contributed by atoms with van der Waals surface area (Å²) in [6.45, 7) is 3.26. The Kier molecular flexibility index (Phi) is 4.38. The zero-order valence-corrected chi connectivity index (χ0v) is 13.4. The third-order valence-corrected chi connectivity index (χ3v) is 6.21. The first-order chi connectivity index (χ1) is 10.1. The fourth-order valence-corrected chi connectivity index (χ4v) is 4.64. The van der Waals surface area contributed by atoms with Crippen LogP contribution in [0.3, 0.4) is 0 Å². The Morgan fingerprint density at radius 1 is 1.29 bits per heavy atom. The standard InChI is InChI=1S/C15H24N2O3S/c1-2-13-5-3-4-10-17(13)21(18,19)15-9-8-14(20-15)11-16-12-6-7-12/h8-9,12-13,16H,2-7,10-11H2,1H3. The van der Waals surface area contributed by atoms with E-state index in [4.69, 9.17) is 4.42 Å². The summed E-state index contributed by atoms with van der Waals surface area (Å²) in [5.41, 5.74) is 0. The summed E-state index contributed by atoms with van der Waals surface area (Å²) in [7, 11) is -3.49. The predicted molar refractivity (Wildman–Crippen MR) is 80.4 cm³/mol. The average Bonchev–Trinajstić information content (AvgIpc) is 3.20. The van der Waals surface area contributed by atoms with Crippen LogP contribution in [0.2, 0.25) is 0 Å². The summed E-state index contributed by atoms with van der Waals surface area (Å²) in [4.78, 5) is 0. The molecule has 0 radical (unpaired) electrons. The molecule has 5 nitrogen and oxygen atoms in total. The number of hydrogen-bond donors (Lipinski definition) is 1. The second-order valence-electron chi connectivity index (χ2n) is 6.05. The Hall–Kier alpha value is -0.850. The molecule has 1 atom stereocenters. The highest BCUT2D eigenvalue weighted by Gasteiger charge is 2.34. The quantitative estimate of drug-likeness (QED) is 0.876. The smallest absolute Gasteiger partial charge is 0.276 e. The van der Waals surface area contributed by atoms with Crippen molar-refractivity contribution in [3.63, 3.8) is 0 Å². The molecule has 1 N–H and O–H groups in total. The monoisotopic (exact) mass is 312 g/mol. The molecule has 0 amide bonds. The number of nitrogens with one attached hydrogen (secondary N) is 1. The van der Waals surface area contributed by atoms with E-state index in [1.165, 1.54) is 12.8 Å². The van der Waals surface area contributed by atoms with Gasteiger partial charge in [0.25, 0.3) is 10.0 Å². The van der Waals surface area contributed by atoms with Gasteiger partial charge in [0, 0.05) is 18.6 Å². The van der Waals surface area contributed by atoms with Crippen LogP contribution in [0.15, 0.2) is 21.6 Å². The van der Waals surface area contributed by atoms with Crippen LogP contribution in [0, 0.1) is 0 Å². The van der Waals surface area contributed by atoms with E-state index in [-0.39, 0.29) is 11.1 Å². The summed E-state index contributed by atoms with van der Waals surface area (Å²) in [5.74, 6) is 0.700. The Morgan fingerprint density at radius 2 is 2.10 bits per heavy atom. The highest BCUT2D eigenvalue weighted by Crippen LogP contribution is 2.28. The van der Waals surface area contributed by atoms with Gasteiger partial charge in [0.05, 0.1) is 6.54 Å². The van der Waals surface area contributed by atoms with Crippen molar-refractivity contribution in [1.82, 2.24) is 9.62 Å². The Bertz CT molecular complexity index is 577. The van der Waals surface area contributed by atoms with Crippen molar-refractivity contribution in [2.75, 3.05) is 6.54 Å². The number of furan rings is 1. The van der Waals surface area contributed by atoms with Gasteiger partial charge in [-0.1, -0.05) is 13.3 Å². The van der Waals surface area contributed by atoms with Crippen molar-refractivity contribution in [3.8, 4) is 0 Å². The van der Waals surface area contributed by atoms with Crippen molar-refractivity contribution < 1.29 is 12.8 Å². The van der Waals surface area contributed by atoms with Crippen LogP contribution in [0.25, 0.3) is 0 Å². The molecule has 3 rings (SSSR count). The summed E-state index contributed by atoms with van der Waals surface area (Å²) in [6, 6.07) is 4.07. The van der Waals surface area contributed by atoms with Crippen LogP contribution in [0.1, 0.15) is 51.2 Å². The third-order valence-electron chi connectivity index (χ3n) is 4.39. The van der Waals surface area contributed by atoms with E-state index in [1.54, 1.807) is 16.4 Å². The largest absolute Gasteiger partial charge is 0.447 e. The fraction of sp³-hybridized carbons (Fsp3) is 0.733. The summed E-state index contributed by atoms with van der Waals surface area (Å²) < 4.78 is 32.7. The molecule has 0 bridgehead atoms. The molecular weight excluding hydrogens is 288 g/mol. The topological polar surface area (TPSA) is 62.6 Å². The van der Waals surface area contributed by atoms with Gasteiger partial charge < -0.3 is 9.73 Å². The van der Waals surface area contributed by atoms with Gasteiger partial charge in [0.1, 0.15) is 5.76 Å². The lowest BCUT2D eigenvalue weighted by molar-refractivity contribution is 0.240. The van der Waals surface area contributed by atoms with E-state index in [0.717, 1.165) is 25.7 Å². The van der Waals surface area contributed by atoms with Gasteiger partial charge in [0.15, 0.2) is 0 Å². The van der Waals surface area contributed by atoms with E-state index >= 15 is 0 Å². The van der Waals surface area contributed by atoms with Crippen molar-refractivity contribution in [2.45, 2.75) is 69.2 Å². The SMILES string of the molecule is CCC1CCCCN1S(=O)(=O)c1ccc(CNC2CC2)o1. The number of hydrogen-bond acceptors (Lipinski definition) is 4. The van der Waals surface area contributed by atoms with Gasteiger partial charge in [-0.25, -0.2) is 8.42 Å². The number of nitrogens with zero attached hydrogens (tertiary/aromatic N) is 1. The maximum Gasteiger partial charge on any atom is 0.276 e. The van der Waals surface area contributed by atoms with Gasteiger partial charge >= 0.3 is 0 Å². The zero-order chi connectivity index (χ0) is 14.9. The minimum atomic E-state index is -3.49. The van der Waals surface area contributed by atoms with Crippen LogP contribution in [-0.4, -0.2) is 31.4 Å². The first kappa shape index (κ1) is 15.1. The molecule has 1 aromatic rings. The molecule has 1 aliphatic carbocycles. The predicted octanol–water partition coefficient (Wildman–Crippen LogP) is 2.48. The molecule has 21 heavy (non-hydrogen) atoms. The Labute approximate surface area is 126 Å². The molecule has 0 spiro atoms. The van der Waals surface area contributed by atoms with Crippen LogP contribution in [0.4, 0.5) is 0 Å². The molecule has 6 heteroatoms. The first-order valence-corrected chi connectivity index (χ1v) is 9.39. The molecule has 118 valence electrons. The molecule has 1 saturated heterocycles. The molecule has 1 unspecified atom stereocenters. The minimum Gasteiger partial charge on any atom is -0.447 e. The second kappa shape index (κ2) is 6.10. The highest BCUT2D eigenvalue weighted by atomic mass is 32.2.